The van der Waals surface area contributed by atoms with E-state index in [-0.39, 0.29) is 6.04 Å². The Morgan fingerprint density at radius 3 is 2.68 bits per heavy atom. The summed E-state index contributed by atoms with van der Waals surface area (Å²) in [6.07, 6.45) is 3.15. The number of fused-ring (bicyclic) bond motifs is 2. The minimum absolute atomic E-state index is 0.163. The Labute approximate surface area is 163 Å². The van der Waals surface area contributed by atoms with Crippen LogP contribution in [0.5, 0.6) is 11.5 Å². The van der Waals surface area contributed by atoms with E-state index < -0.39 is 0 Å². The Kier molecular flexibility index (Phi) is 4.49. The molecule has 1 aliphatic carbocycles. The van der Waals surface area contributed by atoms with Gasteiger partial charge in [0, 0.05) is 13.0 Å². The number of aryl methyl sites for hydroxylation is 2. The number of hydrogen-bond acceptors (Lipinski definition) is 6. The lowest BCUT2D eigenvalue weighted by molar-refractivity contribution is 0.171. The van der Waals surface area contributed by atoms with Crippen molar-refractivity contribution in [2.24, 2.45) is 0 Å². The van der Waals surface area contributed by atoms with E-state index in [1.165, 1.54) is 11.1 Å². The van der Waals surface area contributed by atoms with Crippen LogP contribution in [0.3, 0.4) is 0 Å². The predicted octanol–water partition coefficient (Wildman–Crippen LogP) is 3.39. The smallest absolute Gasteiger partial charge is 0.223 e. The summed E-state index contributed by atoms with van der Waals surface area (Å²) in [4.78, 5) is 4.50. The summed E-state index contributed by atoms with van der Waals surface area (Å²) >= 11 is 0. The molecular weight excluding hydrogens is 354 g/mol. The Morgan fingerprint density at radius 1 is 1.04 bits per heavy atom. The van der Waals surface area contributed by atoms with Crippen molar-refractivity contribution >= 4 is 0 Å². The quantitative estimate of drug-likeness (QED) is 0.752. The normalized spacial score (nSPS) is 19.1. The summed E-state index contributed by atoms with van der Waals surface area (Å²) in [5, 5.41) is 7.96. The van der Waals surface area contributed by atoms with Crippen molar-refractivity contribution in [2.45, 2.75) is 38.3 Å². The number of benzene rings is 2. The molecule has 3 aromatic rings. The molecule has 0 bridgehead atoms. The Morgan fingerprint density at radius 2 is 1.86 bits per heavy atom. The molecule has 28 heavy (non-hydrogen) atoms. The van der Waals surface area contributed by atoms with Gasteiger partial charge in [-0.05, 0) is 48.1 Å². The maximum Gasteiger partial charge on any atom is 0.223 e. The lowest BCUT2D eigenvalue weighted by Gasteiger charge is -2.29. The molecule has 6 heteroatoms. The van der Waals surface area contributed by atoms with Gasteiger partial charge in [0.15, 0.2) is 17.3 Å². The minimum atomic E-state index is -0.163. The van der Waals surface area contributed by atoms with Crippen LogP contribution in [0, 0.1) is 6.92 Å². The van der Waals surface area contributed by atoms with Crippen LogP contribution in [-0.2, 0) is 12.8 Å². The molecule has 2 aliphatic rings. The first kappa shape index (κ1) is 17.3. The van der Waals surface area contributed by atoms with Crippen LogP contribution in [0.15, 0.2) is 47.0 Å². The summed E-state index contributed by atoms with van der Waals surface area (Å²) in [5.41, 5.74) is 3.91. The van der Waals surface area contributed by atoms with Crippen LogP contribution >= 0.6 is 0 Å². The molecule has 0 spiro atoms. The van der Waals surface area contributed by atoms with Crippen molar-refractivity contribution in [3.63, 3.8) is 0 Å². The van der Waals surface area contributed by atoms with Crippen LogP contribution in [0.4, 0.5) is 0 Å². The first-order valence-electron chi connectivity index (χ1n) is 9.79. The van der Waals surface area contributed by atoms with Gasteiger partial charge >= 0.3 is 0 Å². The second kappa shape index (κ2) is 7.28. The molecule has 0 saturated carbocycles. The first-order valence-corrected chi connectivity index (χ1v) is 9.79. The molecule has 2 unspecified atom stereocenters. The molecule has 0 amide bonds. The third kappa shape index (κ3) is 3.36. The van der Waals surface area contributed by atoms with Crippen molar-refractivity contribution in [2.75, 3.05) is 13.2 Å². The zero-order valence-corrected chi connectivity index (χ0v) is 15.9. The Balaban J connectivity index is 1.44. The van der Waals surface area contributed by atoms with Crippen LogP contribution < -0.4 is 14.8 Å². The molecule has 0 fully saturated rings. The van der Waals surface area contributed by atoms with Crippen molar-refractivity contribution in [3.8, 4) is 11.5 Å². The van der Waals surface area contributed by atoms with E-state index in [1.807, 2.05) is 25.1 Å². The monoisotopic (exact) mass is 377 g/mol. The fourth-order valence-corrected chi connectivity index (χ4v) is 4.07. The van der Waals surface area contributed by atoms with Gasteiger partial charge in [-0.25, -0.2) is 0 Å². The van der Waals surface area contributed by atoms with E-state index in [0.29, 0.717) is 31.0 Å². The average molecular weight is 377 g/mol. The van der Waals surface area contributed by atoms with Crippen molar-refractivity contribution in [1.82, 2.24) is 15.5 Å². The molecule has 0 radical (unpaired) electrons. The molecule has 2 aromatic carbocycles. The highest BCUT2D eigenvalue weighted by Gasteiger charge is 2.27. The summed E-state index contributed by atoms with van der Waals surface area (Å²) in [6, 6.07) is 14.9. The second-order valence-corrected chi connectivity index (χ2v) is 7.38. The molecule has 1 N–H and O–H groups in total. The zero-order chi connectivity index (χ0) is 18.9. The summed E-state index contributed by atoms with van der Waals surface area (Å²) in [5.74, 6) is 2.76. The van der Waals surface area contributed by atoms with Crippen LogP contribution in [0.25, 0.3) is 0 Å². The van der Waals surface area contributed by atoms with Crippen molar-refractivity contribution < 1.29 is 14.0 Å². The number of nitrogens with zero attached hydrogens (tertiary/aromatic N) is 2. The predicted molar refractivity (Wildman–Crippen MR) is 104 cm³/mol. The van der Waals surface area contributed by atoms with Gasteiger partial charge in [-0.3, -0.25) is 0 Å². The molecule has 2 heterocycles. The molecule has 5 rings (SSSR count). The number of ether oxygens (including phenoxy) is 2. The van der Waals surface area contributed by atoms with E-state index in [0.717, 1.165) is 36.3 Å². The standard InChI is InChI=1S/C22H23N3O3/c1-14-23-22(25-28-14)21(17-7-9-19-20(13-17)27-11-10-26-19)24-18-8-6-15-4-2-3-5-16(15)12-18/h2-5,7,9,13,18,21,24H,6,8,10-12H2,1H3. The van der Waals surface area contributed by atoms with E-state index in [2.05, 4.69) is 39.7 Å². The molecular formula is C22H23N3O3. The van der Waals surface area contributed by atoms with Crippen LogP contribution in [-0.4, -0.2) is 29.4 Å². The maximum atomic E-state index is 5.77. The van der Waals surface area contributed by atoms with E-state index in [9.17, 15) is 0 Å². The fraction of sp³-hybridized carbons (Fsp3) is 0.364. The number of rotatable bonds is 4. The highest BCUT2D eigenvalue weighted by Crippen LogP contribution is 2.34. The van der Waals surface area contributed by atoms with E-state index >= 15 is 0 Å². The van der Waals surface area contributed by atoms with Gasteiger partial charge < -0.3 is 19.3 Å². The molecule has 6 nitrogen and oxygen atoms in total. The van der Waals surface area contributed by atoms with Gasteiger partial charge in [-0.2, -0.15) is 4.98 Å². The van der Waals surface area contributed by atoms with Crippen LogP contribution in [0.1, 0.15) is 40.9 Å². The maximum absolute atomic E-state index is 5.77. The van der Waals surface area contributed by atoms with Gasteiger partial charge in [-0.1, -0.05) is 35.5 Å². The first-order chi connectivity index (χ1) is 13.8. The van der Waals surface area contributed by atoms with Gasteiger partial charge in [0.05, 0.1) is 6.04 Å². The SMILES string of the molecule is Cc1nc(C(NC2CCc3ccccc3C2)c2ccc3c(c2)OCCO3)no1. The third-order valence-electron chi connectivity index (χ3n) is 5.45. The summed E-state index contributed by atoms with van der Waals surface area (Å²) < 4.78 is 16.7. The number of hydrogen-bond donors (Lipinski definition) is 1. The molecule has 1 aliphatic heterocycles. The van der Waals surface area contributed by atoms with Gasteiger partial charge in [-0.15, -0.1) is 0 Å². The lowest BCUT2D eigenvalue weighted by Crippen LogP contribution is -2.38. The topological polar surface area (TPSA) is 69.4 Å². The second-order valence-electron chi connectivity index (χ2n) is 7.38. The average Bonchev–Trinajstić information content (AvgIpc) is 3.17. The van der Waals surface area contributed by atoms with Gasteiger partial charge in [0.1, 0.15) is 13.2 Å². The fourth-order valence-electron chi connectivity index (χ4n) is 4.07. The van der Waals surface area contributed by atoms with Gasteiger partial charge in [0.2, 0.25) is 5.89 Å². The minimum Gasteiger partial charge on any atom is -0.486 e. The molecule has 0 saturated heterocycles. The number of nitrogens with one attached hydrogen (secondary N) is 1. The summed E-state index contributed by atoms with van der Waals surface area (Å²) in [7, 11) is 0. The molecule has 1 aromatic heterocycles. The Hall–Kier alpha value is -2.86. The molecule has 144 valence electrons. The van der Waals surface area contributed by atoms with E-state index in [4.69, 9.17) is 14.0 Å². The van der Waals surface area contributed by atoms with Crippen molar-refractivity contribution in [1.29, 1.82) is 0 Å². The third-order valence-corrected chi connectivity index (χ3v) is 5.45. The highest BCUT2D eigenvalue weighted by molar-refractivity contribution is 5.45. The van der Waals surface area contributed by atoms with Crippen LogP contribution in [0.2, 0.25) is 0 Å². The summed E-state index contributed by atoms with van der Waals surface area (Å²) in [6.45, 7) is 2.96. The van der Waals surface area contributed by atoms with Gasteiger partial charge in [0.25, 0.3) is 0 Å². The zero-order valence-electron chi connectivity index (χ0n) is 15.9. The lowest BCUT2D eigenvalue weighted by atomic mass is 9.87. The Bertz CT molecular complexity index is 985. The number of aromatic nitrogens is 2. The highest BCUT2D eigenvalue weighted by atomic mass is 16.6. The molecule has 2 atom stereocenters. The largest absolute Gasteiger partial charge is 0.486 e. The van der Waals surface area contributed by atoms with E-state index in [1.54, 1.807) is 0 Å². The van der Waals surface area contributed by atoms with Crippen molar-refractivity contribution in [3.05, 3.63) is 70.9 Å².